The molecule has 0 aromatic rings. The average molecular weight is 266 g/mol. The maximum atomic E-state index is 8.81. The zero-order valence-corrected chi connectivity index (χ0v) is 10.4. The van der Waals surface area contributed by atoms with Crippen molar-refractivity contribution in [3.05, 3.63) is 0 Å². The van der Waals surface area contributed by atoms with Gasteiger partial charge in [-0.25, -0.2) is 0 Å². The number of carbonyl (C=O) groups is 3. The van der Waals surface area contributed by atoms with E-state index < -0.39 is 0 Å². The predicted octanol–water partition coefficient (Wildman–Crippen LogP) is 0.975. The Morgan fingerprint density at radius 2 is 0.769 bits per heavy atom. The second-order valence-corrected chi connectivity index (χ2v) is 0.707. The molecule has 4 nitrogen and oxygen atoms in total. The SMILES string of the molecule is C.CC=O.CC=O.CC=O.[CH-]=O.[Y]. The third-order valence-electron chi connectivity index (χ3n) is 0. The first kappa shape index (κ1) is 38.6. The number of hydrogen-bond donors (Lipinski definition) is 0. The summed E-state index contributed by atoms with van der Waals surface area (Å²) >= 11 is 0. The van der Waals surface area contributed by atoms with Gasteiger partial charge in [-0.05, 0) is 20.8 Å². The van der Waals surface area contributed by atoms with Crippen LogP contribution in [-0.4, -0.2) is 25.6 Å². The molecule has 0 rings (SSSR count). The smallest absolute Gasteiger partial charge is 0.116 e. The minimum Gasteiger partial charge on any atom is -0.545 e. The molecular weight excluding hydrogens is 249 g/mol. The maximum Gasteiger partial charge on any atom is 0.116 e. The third-order valence-corrected chi connectivity index (χ3v) is 0. The number of rotatable bonds is 0. The van der Waals surface area contributed by atoms with E-state index in [9.17, 15) is 0 Å². The summed E-state index contributed by atoms with van der Waals surface area (Å²) in [5.74, 6) is 0. The zero-order valence-electron chi connectivity index (χ0n) is 7.52. The van der Waals surface area contributed by atoms with E-state index in [0.717, 1.165) is 18.9 Å². The van der Waals surface area contributed by atoms with Gasteiger partial charge in [0, 0.05) is 32.7 Å². The van der Waals surface area contributed by atoms with Crippen molar-refractivity contribution in [1.29, 1.82) is 0 Å². The van der Waals surface area contributed by atoms with Gasteiger partial charge >= 0.3 is 0 Å². The van der Waals surface area contributed by atoms with Crippen molar-refractivity contribution in [2.75, 3.05) is 0 Å². The van der Waals surface area contributed by atoms with Crippen LogP contribution in [0.25, 0.3) is 0 Å². The Balaban J connectivity index is -0.0000000121. The topological polar surface area (TPSA) is 68.3 Å². The molecule has 0 unspecified atom stereocenters. The Morgan fingerprint density at radius 1 is 0.769 bits per heavy atom. The summed E-state index contributed by atoms with van der Waals surface area (Å²) in [6.45, 7) is 7.58. The monoisotopic (exact) mass is 266 g/mol. The van der Waals surface area contributed by atoms with E-state index in [1.807, 2.05) is 0 Å². The Morgan fingerprint density at radius 3 is 0.769 bits per heavy atom. The van der Waals surface area contributed by atoms with Crippen molar-refractivity contribution in [2.24, 2.45) is 0 Å². The molecule has 13 heavy (non-hydrogen) atoms. The van der Waals surface area contributed by atoms with Crippen LogP contribution >= 0.6 is 0 Å². The molecule has 0 amide bonds. The van der Waals surface area contributed by atoms with Gasteiger partial charge in [-0.1, -0.05) is 7.43 Å². The standard InChI is InChI=1S/3C2H4O.CHO.CH4.Y/c3*1-2-3;1-2;;/h3*2H,1H3;1H;1H4;/q;;;-1;;. The van der Waals surface area contributed by atoms with Gasteiger partial charge in [0.1, 0.15) is 18.9 Å². The summed E-state index contributed by atoms with van der Waals surface area (Å²) in [7, 11) is 0. The van der Waals surface area contributed by atoms with Gasteiger partial charge in [0.15, 0.2) is 0 Å². The second-order valence-electron chi connectivity index (χ2n) is 0.707. The van der Waals surface area contributed by atoms with Gasteiger partial charge in [0.2, 0.25) is 0 Å². The predicted molar refractivity (Wildman–Crippen MR) is 48.7 cm³/mol. The van der Waals surface area contributed by atoms with Crippen LogP contribution in [0.1, 0.15) is 28.2 Å². The molecule has 0 aliphatic heterocycles. The Hall–Kier alpha value is -0.216. The fraction of sp³-hybridized carbons (Fsp3) is 0.500. The van der Waals surface area contributed by atoms with Crippen molar-refractivity contribution in [1.82, 2.24) is 0 Å². The molecule has 0 atom stereocenters. The van der Waals surface area contributed by atoms with Crippen molar-refractivity contribution >= 4 is 25.6 Å². The van der Waals surface area contributed by atoms with Crippen molar-refractivity contribution in [3.63, 3.8) is 0 Å². The Labute approximate surface area is 105 Å². The first-order valence-electron chi connectivity index (χ1n) is 2.67. The van der Waals surface area contributed by atoms with E-state index in [4.69, 9.17) is 19.2 Å². The Bertz CT molecular complexity index is 62.3. The summed E-state index contributed by atoms with van der Waals surface area (Å²) in [6.07, 6.45) is 2.25. The fourth-order valence-corrected chi connectivity index (χ4v) is 0. The quantitative estimate of drug-likeness (QED) is 0.484. The van der Waals surface area contributed by atoms with Crippen LogP contribution in [0.4, 0.5) is 0 Å². The summed E-state index contributed by atoms with van der Waals surface area (Å²) in [5.41, 5.74) is 0. The molecule has 77 valence electrons. The second kappa shape index (κ2) is 177. The van der Waals surface area contributed by atoms with Crippen LogP contribution in [0, 0.1) is 0 Å². The molecule has 0 saturated carbocycles. The maximum absolute atomic E-state index is 8.81. The minimum absolute atomic E-state index is 0. The largest absolute Gasteiger partial charge is 0.545 e. The van der Waals surface area contributed by atoms with Crippen LogP contribution in [0.3, 0.4) is 0 Å². The summed E-state index contributed by atoms with van der Waals surface area (Å²) in [6, 6.07) is 0. The molecule has 0 aromatic carbocycles. The molecular formula is C8H17O4Y-. The van der Waals surface area contributed by atoms with Gasteiger partial charge in [0.05, 0.1) is 0 Å². The van der Waals surface area contributed by atoms with Gasteiger partial charge in [0.25, 0.3) is 0 Å². The first-order chi connectivity index (χ1) is 5.24. The molecule has 0 aromatic heterocycles. The van der Waals surface area contributed by atoms with Crippen LogP contribution in [0.2, 0.25) is 0 Å². The normalized spacial score (nSPS) is 3.31. The fourth-order valence-electron chi connectivity index (χ4n) is 0. The van der Waals surface area contributed by atoms with Gasteiger partial charge in [-0.3, -0.25) is 6.79 Å². The van der Waals surface area contributed by atoms with Gasteiger partial charge in [-0.15, -0.1) is 0 Å². The van der Waals surface area contributed by atoms with E-state index in [0.29, 0.717) is 0 Å². The van der Waals surface area contributed by atoms with E-state index in [1.165, 1.54) is 20.8 Å². The van der Waals surface area contributed by atoms with E-state index >= 15 is 0 Å². The molecule has 0 aliphatic carbocycles. The molecule has 0 aliphatic rings. The molecule has 0 N–H and O–H groups in total. The summed E-state index contributed by atoms with van der Waals surface area (Å²) < 4.78 is 0. The molecule has 0 spiro atoms. The molecule has 0 fully saturated rings. The minimum atomic E-state index is 0. The van der Waals surface area contributed by atoms with Crippen LogP contribution in [-0.2, 0) is 51.9 Å². The first-order valence-corrected chi connectivity index (χ1v) is 2.67. The number of hydrogen-bond acceptors (Lipinski definition) is 4. The van der Waals surface area contributed by atoms with Crippen molar-refractivity contribution in [2.45, 2.75) is 28.2 Å². The number of carbonyl (C=O) groups excluding carboxylic acids is 4. The molecule has 0 bridgehead atoms. The average Bonchev–Trinajstić information content (AvgIpc) is 1.96. The van der Waals surface area contributed by atoms with E-state index in [1.54, 1.807) is 0 Å². The molecule has 5 heteroatoms. The van der Waals surface area contributed by atoms with Crippen LogP contribution in [0.15, 0.2) is 0 Å². The third kappa shape index (κ3) is 24200. The summed E-state index contributed by atoms with van der Waals surface area (Å²) in [4.78, 5) is 34.2. The van der Waals surface area contributed by atoms with Crippen LogP contribution < -0.4 is 0 Å². The Kier molecular flexibility index (Phi) is 525. The summed E-state index contributed by atoms with van der Waals surface area (Å²) in [5, 5.41) is 0. The van der Waals surface area contributed by atoms with E-state index in [2.05, 4.69) is 6.79 Å². The van der Waals surface area contributed by atoms with Gasteiger partial charge < -0.3 is 19.2 Å². The van der Waals surface area contributed by atoms with Crippen molar-refractivity contribution < 1.29 is 51.9 Å². The molecule has 0 heterocycles. The van der Waals surface area contributed by atoms with E-state index in [-0.39, 0.29) is 40.1 Å². The van der Waals surface area contributed by atoms with Gasteiger partial charge in [-0.2, -0.15) is 0 Å². The van der Waals surface area contributed by atoms with Crippen molar-refractivity contribution in [3.8, 4) is 0 Å². The molecule has 1 radical (unpaired) electrons. The van der Waals surface area contributed by atoms with Crippen LogP contribution in [0.5, 0.6) is 0 Å². The molecule has 0 saturated heterocycles. The zero-order chi connectivity index (χ0) is 10.1. The number of aldehydes is 3.